The number of rotatable bonds is 8. The molecule has 0 saturated carbocycles. The van der Waals surface area contributed by atoms with E-state index >= 15 is 0 Å². The summed E-state index contributed by atoms with van der Waals surface area (Å²) in [4.78, 5) is 3.81. The summed E-state index contributed by atoms with van der Waals surface area (Å²) < 4.78 is 6.04. The fourth-order valence-corrected chi connectivity index (χ4v) is 3.45. The lowest BCUT2D eigenvalue weighted by Gasteiger charge is -2.44. The SMILES string of the molecule is CC=CC(=CC)C(c1ccccc1)N1CC(OCC(=CC)SC)C1. The second-order valence-electron chi connectivity index (χ2n) is 5.95. The summed E-state index contributed by atoms with van der Waals surface area (Å²) in [6.45, 7) is 8.98. The molecule has 0 aromatic heterocycles. The van der Waals surface area contributed by atoms with E-state index in [9.17, 15) is 0 Å². The van der Waals surface area contributed by atoms with Crippen LogP contribution in [0.25, 0.3) is 0 Å². The molecule has 24 heavy (non-hydrogen) atoms. The van der Waals surface area contributed by atoms with Gasteiger partial charge in [-0.3, -0.25) is 4.90 Å². The molecular weight excluding hydrogens is 314 g/mol. The molecule has 2 rings (SSSR count). The van der Waals surface area contributed by atoms with E-state index in [1.165, 1.54) is 16.0 Å². The van der Waals surface area contributed by atoms with Gasteiger partial charge in [-0.25, -0.2) is 0 Å². The second-order valence-corrected chi connectivity index (χ2v) is 6.88. The van der Waals surface area contributed by atoms with Crippen LogP contribution in [0.15, 0.2) is 65.1 Å². The first-order valence-electron chi connectivity index (χ1n) is 8.62. The Labute approximate surface area is 151 Å². The van der Waals surface area contributed by atoms with Gasteiger partial charge in [-0.2, -0.15) is 0 Å². The molecule has 0 spiro atoms. The van der Waals surface area contributed by atoms with E-state index in [2.05, 4.69) is 86.6 Å². The average Bonchev–Trinajstić information content (AvgIpc) is 2.59. The van der Waals surface area contributed by atoms with Gasteiger partial charge in [-0.15, -0.1) is 11.8 Å². The molecular formula is C21H29NOS. The van der Waals surface area contributed by atoms with Crippen molar-refractivity contribution < 1.29 is 4.74 Å². The third kappa shape index (κ3) is 4.85. The Balaban J connectivity index is 2.03. The van der Waals surface area contributed by atoms with Gasteiger partial charge in [-0.05, 0) is 38.2 Å². The number of benzene rings is 1. The minimum Gasteiger partial charge on any atom is -0.370 e. The first-order valence-corrected chi connectivity index (χ1v) is 9.84. The number of hydrogen-bond acceptors (Lipinski definition) is 3. The predicted molar refractivity (Wildman–Crippen MR) is 106 cm³/mol. The molecule has 1 heterocycles. The Morgan fingerprint density at radius 3 is 2.46 bits per heavy atom. The summed E-state index contributed by atoms with van der Waals surface area (Å²) in [6, 6.07) is 11.1. The van der Waals surface area contributed by atoms with Crippen molar-refractivity contribution >= 4 is 11.8 Å². The quantitative estimate of drug-likeness (QED) is 0.601. The predicted octanol–water partition coefficient (Wildman–Crippen LogP) is 5.22. The Hall–Kier alpha value is -1.29. The van der Waals surface area contributed by atoms with Crippen LogP contribution in [0.5, 0.6) is 0 Å². The third-order valence-electron chi connectivity index (χ3n) is 4.41. The van der Waals surface area contributed by atoms with Gasteiger partial charge in [0.25, 0.3) is 0 Å². The van der Waals surface area contributed by atoms with Gasteiger partial charge in [0.15, 0.2) is 0 Å². The van der Waals surface area contributed by atoms with Crippen molar-refractivity contribution in [3.63, 3.8) is 0 Å². The van der Waals surface area contributed by atoms with Crippen LogP contribution >= 0.6 is 11.8 Å². The molecule has 1 unspecified atom stereocenters. The maximum absolute atomic E-state index is 6.04. The van der Waals surface area contributed by atoms with Gasteiger partial charge in [0, 0.05) is 18.0 Å². The number of thioether (sulfide) groups is 1. The average molecular weight is 344 g/mol. The van der Waals surface area contributed by atoms with E-state index in [0.717, 1.165) is 19.7 Å². The van der Waals surface area contributed by atoms with Gasteiger partial charge in [0.05, 0.1) is 18.8 Å². The van der Waals surface area contributed by atoms with Crippen LogP contribution < -0.4 is 0 Å². The molecule has 1 aliphatic rings. The zero-order valence-electron chi connectivity index (χ0n) is 15.2. The van der Waals surface area contributed by atoms with Crippen LogP contribution in [0.3, 0.4) is 0 Å². The molecule has 1 aliphatic heterocycles. The van der Waals surface area contributed by atoms with Gasteiger partial charge >= 0.3 is 0 Å². The van der Waals surface area contributed by atoms with E-state index in [-0.39, 0.29) is 0 Å². The van der Waals surface area contributed by atoms with Crippen LogP contribution in [-0.4, -0.2) is 37.0 Å². The van der Waals surface area contributed by atoms with E-state index < -0.39 is 0 Å². The lowest BCUT2D eigenvalue weighted by Crippen LogP contribution is -2.53. The summed E-state index contributed by atoms with van der Waals surface area (Å²) in [5.41, 5.74) is 2.70. The summed E-state index contributed by atoms with van der Waals surface area (Å²) in [5, 5.41) is 0. The molecule has 130 valence electrons. The summed E-state index contributed by atoms with van der Waals surface area (Å²) in [5.74, 6) is 0. The van der Waals surface area contributed by atoms with Crippen molar-refractivity contribution in [1.82, 2.24) is 4.90 Å². The van der Waals surface area contributed by atoms with Crippen LogP contribution in [0.2, 0.25) is 0 Å². The van der Waals surface area contributed by atoms with E-state index in [0.29, 0.717) is 12.1 Å². The van der Waals surface area contributed by atoms with Gasteiger partial charge in [0.2, 0.25) is 0 Å². The highest BCUT2D eigenvalue weighted by atomic mass is 32.2. The lowest BCUT2D eigenvalue weighted by atomic mass is 9.93. The highest BCUT2D eigenvalue weighted by molar-refractivity contribution is 8.02. The summed E-state index contributed by atoms with van der Waals surface area (Å²) >= 11 is 1.77. The minimum absolute atomic E-state index is 0.314. The highest BCUT2D eigenvalue weighted by Gasteiger charge is 2.34. The highest BCUT2D eigenvalue weighted by Crippen LogP contribution is 2.34. The monoisotopic (exact) mass is 343 g/mol. The fourth-order valence-electron chi connectivity index (χ4n) is 3.03. The minimum atomic E-state index is 0.314. The second kappa shape index (κ2) is 9.87. The molecule has 0 radical (unpaired) electrons. The number of ether oxygens (including phenoxy) is 1. The topological polar surface area (TPSA) is 12.5 Å². The molecule has 3 heteroatoms. The number of nitrogens with zero attached hydrogens (tertiary/aromatic N) is 1. The molecule has 1 saturated heterocycles. The zero-order valence-corrected chi connectivity index (χ0v) is 16.1. The van der Waals surface area contributed by atoms with Crippen molar-refractivity contribution in [2.24, 2.45) is 0 Å². The van der Waals surface area contributed by atoms with Crippen molar-refractivity contribution in [1.29, 1.82) is 0 Å². The standard InChI is InChI=1S/C21H29NOS/c1-5-11-17(6-2)21(18-12-9-8-10-13-18)22-14-19(15-22)23-16-20(7-3)24-4/h5-13,19,21H,14-16H2,1-4H3. The molecule has 1 aromatic carbocycles. The fraction of sp³-hybridized carbons (Fsp3) is 0.429. The van der Waals surface area contributed by atoms with Crippen LogP contribution in [0.1, 0.15) is 32.4 Å². The van der Waals surface area contributed by atoms with E-state index in [4.69, 9.17) is 4.74 Å². The Kier molecular flexibility index (Phi) is 7.83. The van der Waals surface area contributed by atoms with Crippen molar-refractivity contribution in [2.45, 2.75) is 32.9 Å². The lowest BCUT2D eigenvalue weighted by molar-refractivity contribution is -0.0577. The largest absolute Gasteiger partial charge is 0.370 e. The normalized spacial score (nSPS) is 18.8. The number of likely N-dealkylation sites (tertiary alicyclic amines) is 1. The molecule has 0 N–H and O–H groups in total. The van der Waals surface area contributed by atoms with Gasteiger partial charge in [-0.1, -0.05) is 54.6 Å². The molecule has 0 amide bonds. The Morgan fingerprint density at radius 1 is 1.21 bits per heavy atom. The first kappa shape index (κ1) is 19.0. The summed E-state index contributed by atoms with van der Waals surface area (Å²) in [6.07, 6.45) is 11.1. The Bertz CT molecular complexity index is 585. The maximum atomic E-state index is 6.04. The molecule has 0 bridgehead atoms. The van der Waals surface area contributed by atoms with Crippen molar-refractivity contribution in [3.05, 3.63) is 70.7 Å². The van der Waals surface area contributed by atoms with E-state index in [1.807, 2.05) is 0 Å². The maximum Gasteiger partial charge on any atom is 0.0834 e. The van der Waals surface area contributed by atoms with Crippen LogP contribution in [-0.2, 0) is 4.74 Å². The molecule has 1 aromatic rings. The zero-order chi connectivity index (χ0) is 17.4. The molecule has 2 nitrogen and oxygen atoms in total. The number of allylic oxidation sites excluding steroid dienone is 3. The van der Waals surface area contributed by atoms with Gasteiger partial charge < -0.3 is 4.74 Å². The van der Waals surface area contributed by atoms with Gasteiger partial charge in [0.1, 0.15) is 0 Å². The van der Waals surface area contributed by atoms with Crippen molar-refractivity contribution in [2.75, 3.05) is 26.0 Å². The van der Waals surface area contributed by atoms with E-state index in [1.54, 1.807) is 11.8 Å². The smallest absolute Gasteiger partial charge is 0.0834 e. The summed E-state index contributed by atoms with van der Waals surface area (Å²) in [7, 11) is 0. The molecule has 1 fully saturated rings. The first-order chi connectivity index (χ1) is 11.7. The Morgan fingerprint density at radius 2 is 1.92 bits per heavy atom. The van der Waals surface area contributed by atoms with Crippen LogP contribution in [0.4, 0.5) is 0 Å². The third-order valence-corrected chi connectivity index (χ3v) is 5.29. The molecule has 1 atom stereocenters. The number of hydrogen-bond donors (Lipinski definition) is 0. The van der Waals surface area contributed by atoms with Crippen LogP contribution in [0, 0.1) is 0 Å². The molecule has 0 aliphatic carbocycles. The van der Waals surface area contributed by atoms with Crippen molar-refractivity contribution in [3.8, 4) is 0 Å².